The number of H-pyrrole nitrogens is 2. The molecule has 2 aromatic carbocycles. The SMILES string of the molecule is c1cc(CN2CCC[C@H](c3c[nH]c4ccccc34)C2)c2[nH]ccc2c1. The van der Waals surface area contributed by atoms with Crippen LogP contribution >= 0.6 is 0 Å². The number of hydrogen-bond acceptors (Lipinski definition) is 1. The average Bonchev–Trinajstić information content (AvgIpc) is 3.29. The predicted molar refractivity (Wildman–Crippen MR) is 104 cm³/mol. The van der Waals surface area contributed by atoms with Gasteiger partial charge in [-0.25, -0.2) is 0 Å². The van der Waals surface area contributed by atoms with Crippen molar-refractivity contribution in [1.82, 2.24) is 14.9 Å². The maximum atomic E-state index is 3.45. The lowest BCUT2D eigenvalue weighted by molar-refractivity contribution is 0.201. The number of piperidine rings is 1. The minimum Gasteiger partial charge on any atom is -0.361 e. The molecule has 0 amide bonds. The number of rotatable bonds is 3. The third-order valence-corrected chi connectivity index (χ3v) is 5.63. The van der Waals surface area contributed by atoms with Crippen molar-refractivity contribution in [2.75, 3.05) is 13.1 Å². The molecule has 0 unspecified atom stereocenters. The molecule has 0 radical (unpaired) electrons. The summed E-state index contributed by atoms with van der Waals surface area (Å²) in [5.41, 5.74) is 5.43. The lowest BCUT2D eigenvalue weighted by Crippen LogP contribution is -2.33. The van der Waals surface area contributed by atoms with E-state index in [2.05, 4.69) is 69.6 Å². The van der Waals surface area contributed by atoms with Crippen LogP contribution in [0.25, 0.3) is 21.8 Å². The molecule has 0 aliphatic carbocycles. The number of likely N-dealkylation sites (tertiary alicyclic amines) is 1. The molecule has 1 saturated heterocycles. The molecule has 0 spiro atoms. The molecule has 1 atom stereocenters. The van der Waals surface area contributed by atoms with Crippen molar-refractivity contribution in [3.05, 3.63) is 72.1 Å². The van der Waals surface area contributed by atoms with Crippen LogP contribution in [0.2, 0.25) is 0 Å². The molecule has 3 heteroatoms. The molecule has 25 heavy (non-hydrogen) atoms. The zero-order valence-electron chi connectivity index (χ0n) is 14.3. The summed E-state index contributed by atoms with van der Waals surface area (Å²) in [5, 5.41) is 2.70. The minimum absolute atomic E-state index is 0.618. The Bertz CT molecular complexity index is 1010. The Hall–Kier alpha value is -2.52. The molecule has 0 bridgehead atoms. The van der Waals surface area contributed by atoms with Gasteiger partial charge in [-0.1, -0.05) is 36.4 Å². The van der Waals surface area contributed by atoms with Gasteiger partial charge in [0.2, 0.25) is 0 Å². The fourth-order valence-corrected chi connectivity index (χ4v) is 4.41. The first-order chi connectivity index (χ1) is 12.4. The van der Waals surface area contributed by atoms with E-state index in [-0.39, 0.29) is 0 Å². The van der Waals surface area contributed by atoms with Crippen LogP contribution in [0.15, 0.2) is 60.9 Å². The van der Waals surface area contributed by atoms with Gasteiger partial charge in [0, 0.05) is 41.9 Å². The summed E-state index contributed by atoms with van der Waals surface area (Å²) in [5.74, 6) is 0.618. The summed E-state index contributed by atoms with van der Waals surface area (Å²) in [6.45, 7) is 3.35. The van der Waals surface area contributed by atoms with Gasteiger partial charge < -0.3 is 9.97 Å². The standard InChI is InChI=1S/C22H23N3/c1-2-9-21-19(8-1)20(13-24-21)17-7-4-12-25(14-17)15-18-6-3-5-16-10-11-23-22(16)18/h1-3,5-6,8-11,13,17,23-24H,4,7,12,14-15H2/t17-/m0/s1. The van der Waals surface area contributed by atoms with Crippen molar-refractivity contribution in [3.8, 4) is 0 Å². The predicted octanol–water partition coefficient (Wildman–Crippen LogP) is 5.03. The van der Waals surface area contributed by atoms with E-state index in [1.54, 1.807) is 0 Å². The molecular formula is C22H23N3. The Labute approximate surface area is 147 Å². The van der Waals surface area contributed by atoms with E-state index in [4.69, 9.17) is 0 Å². The van der Waals surface area contributed by atoms with Crippen LogP contribution in [0, 0.1) is 0 Å². The van der Waals surface area contributed by atoms with Gasteiger partial charge in [-0.15, -0.1) is 0 Å². The van der Waals surface area contributed by atoms with Gasteiger partial charge in [0.05, 0.1) is 0 Å². The van der Waals surface area contributed by atoms with Gasteiger partial charge in [-0.2, -0.15) is 0 Å². The van der Waals surface area contributed by atoms with Crippen LogP contribution in [0.5, 0.6) is 0 Å². The highest BCUT2D eigenvalue weighted by Crippen LogP contribution is 2.33. The van der Waals surface area contributed by atoms with Crippen molar-refractivity contribution >= 4 is 21.8 Å². The van der Waals surface area contributed by atoms with Crippen LogP contribution < -0.4 is 0 Å². The van der Waals surface area contributed by atoms with E-state index >= 15 is 0 Å². The molecule has 126 valence electrons. The lowest BCUT2D eigenvalue weighted by atomic mass is 9.90. The highest BCUT2D eigenvalue weighted by molar-refractivity contribution is 5.84. The molecule has 3 heterocycles. The Balaban J connectivity index is 1.40. The van der Waals surface area contributed by atoms with E-state index in [9.17, 15) is 0 Å². The number of hydrogen-bond donors (Lipinski definition) is 2. The van der Waals surface area contributed by atoms with Gasteiger partial charge in [0.25, 0.3) is 0 Å². The van der Waals surface area contributed by atoms with Gasteiger partial charge in [0.1, 0.15) is 0 Å². The smallest absolute Gasteiger partial charge is 0.0499 e. The van der Waals surface area contributed by atoms with E-state index in [1.165, 1.54) is 52.3 Å². The zero-order valence-corrected chi connectivity index (χ0v) is 14.3. The quantitative estimate of drug-likeness (QED) is 0.543. The summed E-state index contributed by atoms with van der Waals surface area (Å²) in [6.07, 6.45) is 6.82. The Morgan fingerprint density at radius 2 is 1.96 bits per heavy atom. The van der Waals surface area contributed by atoms with Crippen LogP contribution in [0.3, 0.4) is 0 Å². The number of aromatic nitrogens is 2. The van der Waals surface area contributed by atoms with E-state index in [1.807, 2.05) is 6.20 Å². The summed E-state index contributed by atoms with van der Waals surface area (Å²) in [6, 6.07) is 17.4. The molecule has 1 aliphatic heterocycles. The van der Waals surface area contributed by atoms with Gasteiger partial charge in [-0.05, 0) is 54.0 Å². The Morgan fingerprint density at radius 3 is 2.96 bits per heavy atom. The third kappa shape index (κ3) is 2.65. The number of fused-ring (bicyclic) bond motifs is 2. The van der Waals surface area contributed by atoms with Crippen LogP contribution in [-0.2, 0) is 6.54 Å². The van der Waals surface area contributed by atoms with E-state index < -0.39 is 0 Å². The van der Waals surface area contributed by atoms with Crippen molar-refractivity contribution in [3.63, 3.8) is 0 Å². The fourth-order valence-electron chi connectivity index (χ4n) is 4.41. The topological polar surface area (TPSA) is 34.8 Å². The second kappa shape index (κ2) is 6.08. The molecular weight excluding hydrogens is 306 g/mol. The molecule has 0 saturated carbocycles. The lowest BCUT2D eigenvalue weighted by Gasteiger charge is -2.33. The van der Waals surface area contributed by atoms with Gasteiger partial charge in [-0.3, -0.25) is 4.90 Å². The summed E-state index contributed by atoms with van der Waals surface area (Å²) in [7, 11) is 0. The third-order valence-electron chi connectivity index (χ3n) is 5.63. The molecule has 1 aliphatic rings. The number of aromatic amines is 2. The number of para-hydroxylation sites is 2. The molecule has 3 nitrogen and oxygen atoms in total. The van der Waals surface area contributed by atoms with E-state index in [0.29, 0.717) is 5.92 Å². The average molecular weight is 329 g/mol. The molecule has 2 N–H and O–H groups in total. The largest absolute Gasteiger partial charge is 0.361 e. The van der Waals surface area contributed by atoms with Crippen molar-refractivity contribution in [2.45, 2.75) is 25.3 Å². The fraction of sp³-hybridized carbons (Fsp3) is 0.273. The normalized spacial score (nSPS) is 19.0. The Kier molecular flexibility index (Phi) is 3.60. The highest BCUT2D eigenvalue weighted by Gasteiger charge is 2.23. The highest BCUT2D eigenvalue weighted by atomic mass is 15.1. The van der Waals surface area contributed by atoms with E-state index in [0.717, 1.165) is 13.1 Å². The monoisotopic (exact) mass is 329 g/mol. The van der Waals surface area contributed by atoms with Crippen molar-refractivity contribution in [1.29, 1.82) is 0 Å². The Morgan fingerprint density at radius 1 is 1.00 bits per heavy atom. The molecule has 5 rings (SSSR count). The van der Waals surface area contributed by atoms with Crippen molar-refractivity contribution < 1.29 is 0 Å². The first-order valence-electron chi connectivity index (χ1n) is 9.22. The molecule has 2 aromatic heterocycles. The van der Waals surface area contributed by atoms with Crippen LogP contribution in [-0.4, -0.2) is 28.0 Å². The zero-order chi connectivity index (χ0) is 16.6. The molecule has 4 aromatic rings. The molecule has 1 fully saturated rings. The van der Waals surface area contributed by atoms with Crippen LogP contribution in [0.1, 0.15) is 29.9 Å². The first kappa shape index (κ1) is 14.8. The second-order valence-corrected chi connectivity index (χ2v) is 7.22. The minimum atomic E-state index is 0.618. The second-order valence-electron chi connectivity index (χ2n) is 7.22. The summed E-state index contributed by atoms with van der Waals surface area (Å²) in [4.78, 5) is 9.47. The number of benzene rings is 2. The maximum absolute atomic E-state index is 3.45. The van der Waals surface area contributed by atoms with Crippen LogP contribution in [0.4, 0.5) is 0 Å². The van der Waals surface area contributed by atoms with Crippen molar-refractivity contribution in [2.24, 2.45) is 0 Å². The summed E-state index contributed by atoms with van der Waals surface area (Å²) >= 11 is 0. The maximum Gasteiger partial charge on any atom is 0.0499 e. The van der Waals surface area contributed by atoms with Gasteiger partial charge in [0.15, 0.2) is 0 Å². The summed E-state index contributed by atoms with van der Waals surface area (Å²) < 4.78 is 0. The number of nitrogens with zero attached hydrogens (tertiary/aromatic N) is 1. The first-order valence-corrected chi connectivity index (χ1v) is 9.22. The number of nitrogens with one attached hydrogen (secondary N) is 2. The van der Waals surface area contributed by atoms with Gasteiger partial charge >= 0.3 is 0 Å².